The number of rotatable bonds is 9. The van der Waals surface area contributed by atoms with Gasteiger partial charge in [0.05, 0.1) is 39.6 Å². The molecule has 5 rings (SSSR count). The summed E-state index contributed by atoms with van der Waals surface area (Å²) in [5.41, 5.74) is 3.90. The number of benzene rings is 3. The number of methoxy groups -OCH3 is 3. The van der Waals surface area contributed by atoms with Crippen LogP contribution in [0.1, 0.15) is 29.2 Å². The van der Waals surface area contributed by atoms with Crippen LogP contribution in [0.5, 0.6) is 17.2 Å². The van der Waals surface area contributed by atoms with E-state index in [0.717, 1.165) is 55.3 Å². The highest BCUT2D eigenvalue weighted by molar-refractivity contribution is 6.05. The molecular formula is C31H36N4O4. The maximum Gasteiger partial charge on any atom is 0.257 e. The van der Waals surface area contributed by atoms with Gasteiger partial charge in [0.15, 0.2) is 0 Å². The van der Waals surface area contributed by atoms with E-state index in [9.17, 15) is 4.79 Å². The first kappa shape index (κ1) is 26.7. The lowest BCUT2D eigenvalue weighted by Gasteiger charge is -2.35. The van der Waals surface area contributed by atoms with E-state index in [4.69, 9.17) is 19.3 Å². The third-order valence-electron chi connectivity index (χ3n) is 7.46. The van der Waals surface area contributed by atoms with Crippen molar-refractivity contribution in [1.82, 2.24) is 14.8 Å². The highest BCUT2D eigenvalue weighted by Gasteiger charge is 2.36. The molecule has 8 heteroatoms. The SMILES string of the molecule is COc1ccc(C2=NN(C(=O)CN3CCN(Cc4ccccc4)CC3)[C@H](c3ccccc3OC)C2)c(OC)c1. The Bertz CT molecular complexity index is 1300. The van der Waals surface area contributed by atoms with Gasteiger partial charge < -0.3 is 14.2 Å². The van der Waals surface area contributed by atoms with Crippen LogP contribution in [0.4, 0.5) is 0 Å². The molecule has 204 valence electrons. The number of ether oxygens (including phenoxy) is 3. The second-order valence-corrected chi connectivity index (χ2v) is 9.85. The number of hydrazone groups is 1. The topological polar surface area (TPSA) is 66.8 Å². The maximum absolute atomic E-state index is 13.8. The summed E-state index contributed by atoms with van der Waals surface area (Å²) in [6.07, 6.45) is 0.555. The zero-order chi connectivity index (χ0) is 27.2. The summed E-state index contributed by atoms with van der Waals surface area (Å²) in [5, 5.41) is 6.52. The van der Waals surface area contributed by atoms with Gasteiger partial charge in [-0.05, 0) is 23.8 Å². The van der Waals surface area contributed by atoms with Crippen molar-refractivity contribution in [3.8, 4) is 17.2 Å². The van der Waals surface area contributed by atoms with E-state index in [0.29, 0.717) is 24.5 Å². The number of carbonyl (C=O) groups excluding carboxylic acids is 1. The van der Waals surface area contributed by atoms with Crippen LogP contribution in [-0.4, -0.2) is 80.5 Å². The molecule has 8 nitrogen and oxygen atoms in total. The smallest absolute Gasteiger partial charge is 0.257 e. The van der Waals surface area contributed by atoms with Gasteiger partial charge in [-0.25, -0.2) is 5.01 Å². The second kappa shape index (κ2) is 12.3. The van der Waals surface area contributed by atoms with E-state index in [1.54, 1.807) is 26.3 Å². The summed E-state index contributed by atoms with van der Waals surface area (Å²) < 4.78 is 16.7. The highest BCUT2D eigenvalue weighted by atomic mass is 16.5. The number of nitrogens with zero attached hydrogens (tertiary/aromatic N) is 4. The van der Waals surface area contributed by atoms with Gasteiger partial charge in [0.1, 0.15) is 17.2 Å². The van der Waals surface area contributed by atoms with Crippen LogP contribution >= 0.6 is 0 Å². The number of hydrogen-bond acceptors (Lipinski definition) is 7. The summed E-state index contributed by atoms with van der Waals surface area (Å²) in [6, 6.07) is 23.8. The van der Waals surface area contributed by atoms with Gasteiger partial charge in [-0.2, -0.15) is 5.10 Å². The van der Waals surface area contributed by atoms with Crippen molar-refractivity contribution in [1.29, 1.82) is 0 Å². The molecule has 0 aromatic heterocycles. The summed E-state index contributed by atoms with van der Waals surface area (Å²) in [6.45, 7) is 4.79. The number of amides is 1. The summed E-state index contributed by atoms with van der Waals surface area (Å²) in [7, 11) is 4.91. The van der Waals surface area contributed by atoms with E-state index in [1.807, 2.05) is 48.5 Å². The minimum absolute atomic E-state index is 0.0232. The molecule has 1 fully saturated rings. The van der Waals surface area contributed by atoms with E-state index in [2.05, 4.69) is 34.1 Å². The largest absolute Gasteiger partial charge is 0.497 e. The molecule has 0 spiro atoms. The molecule has 3 aromatic rings. The molecule has 0 aliphatic carbocycles. The molecule has 0 radical (unpaired) electrons. The van der Waals surface area contributed by atoms with Crippen LogP contribution in [0.15, 0.2) is 77.9 Å². The molecule has 1 saturated heterocycles. The molecular weight excluding hydrogens is 492 g/mol. The monoisotopic (exact) mass is 528 g/mol. The Kier molecular flexibility index (Phi) is 8.44. The fourth-order valence-corrected chi connectivity index (χ4v) is 5.33. The van der Waals surface area contributed by atoms with Crippen LogP contribution in [0.25, 0.3) is 0 Å². The van der Waals surface area contributed by atoms with E-state index >= 15 is 0 Å². The fraction of sp³-hybridized carbons (Fsp3) is 0.355. The molecule has 39 heavy (non-hydrogen) atoms. The van der Waals surface area contributed by atoms with Crippen LogP contribution in [-0.2, 0) is 11.3 Å². The molecule has 0 saturated carbocycles. The van der Waals surface area contributed by atoms with Crippen molar-refractivity contribution in [2.45, 2.75) is 19.0 Å². The van der Waals surface area contributed by atoms with Crippen molar-refractivity contribution in [3.63, 3.8) is 0 Å². The third-order valence-corrected chi connectivity index (χ3v) is 7.46. The first-order valence-electron chi connectivity index (χ1n) is 13.3. The molecule has 0 N–H and O–H groups in total. The first-order chi connectivity index (χ1) is 19.1. The predicted molar refractivity (Wildman–Crippen MR) is 151 cm³/mol. The first-order valence-corrected chi connectivity index (χ1v) is 13.3. The third kappa shape index (κ3) is 6.08. The highest BCUT2D eigenvalue weighted by Crippen LogP contribution is 2.39. The molecule has 0 bridgehead atoms. The van der Waals surface area contributed by atoms with Crippen molar-refractivity contribution < 1.29 is 19.0 Å². The Balaban J connectivity index is 1.34. The average molecular weight is 529 g/mol. The van der Waals surface area contributed by atoms with Gasteiger partial charge in [0, 0.05) is 56.3 Å². The molecule has 1 amide bonds. The van der Waals surface area contributed by atoms with Crippen LogP contribution in [0.3, 0.4) is 0 Å². The Morgan fingerprint density at radius 2 is 1.51 bits per heavy atom. The van der Waals surface area contributed by atoms with Crippen molar-refractivity contribution >= 4 is 11.6 Å². The van der Waals surface area contributed by atoms with Crippen LogP contribution in [0.2, 0.25) is 0 Å². The zero-order valence-electron chi connectivity index (χ0n) is 22.9. The second-order valence-electron chi connectivity index (χ2n) is 9.85. The minimum Gasteiger partial charge on any atom is -0.497 e. The molecule has 2 aliphatic heterocycles. The lowest BCUT2D eigenvalue weighted by Crippen LogP contribution is -2.49. The Hall–Kier alpha value is -3.88. The van der Waals surface area contributed by atoms with Gasteiger partial charge in [-0.1, -0.05) is 48.5 Å². The number of hydrogen-bond donors (Lipinski definition) is 0. The van der Waals surface area contributed by atoms with Crippen molar-refractivity contribution in [3.05, 3.63) is 89.5 Å². The molecule has 1 atom stereocenters. The normalized spacial score (nSPS) is 18.1. The summed E-state index contributed by atoms with van der Waals surface area (Å²) in [4.78, 5) is 18.4. The number of piperazine rings is 1. The van der Waals surface area contributed by atoms with Crippen LogP contribution in [0, 0.1) is 0 Å². The average Bonchev–Trinajstić information content (AvgIpc) is 3.43. The van der Waals surface area contributed by atoms with E-state index in [1.165, 1.54) is 5.56 Å². The zero-order valence-corrected chi connectivity index (χ0v) is 22.9. The fourth-order valence-electron chi connectivity index (χ4n) is 5.33. The van der Waals surface area contributed by atoms with Crippen molar-refractivity contribution in [2.75, 3.05) is 54.1 Å². The summed E-state index contributed by atoms with van der Waals surface area (Å²) >= 11 is 0. The lowest BCUT2D eigenvalue weighted by atomic mass is 9.97. The number of carbonyl (C=O) groups is 1. The summed E-state index contributed by atoms with van der Waals surface area (Å²) in [5.74, 6) is 2.09. The maximum atomic E-state index is 13.8. The predicted octanol–water partition coefficient (Wildman–Crippen LogP) is 4.21. The van der Waals surface area contributed by atoms with Gasteiger partial charge in [-0.15, -0.1) is 0 Å². The van der Waals surface area contributed by atoms with Crippen molar-refractivity contribution in [2.24, 2.45) is 5.10 Å². The van der Waals surface area contributed by atoms with Gasteiger partial charge in [-0.3, -0.25) is 14.6 Å². The Morgan fingerprint density at radius 3 is 2.23 bits per heavy atom. The minimum atomic E-state index is -0.269. The van der Waals surface area contributed by atoms with Crippen LogP contribution < -0.4 is 14.2 Å². The Labute approximate surface area is 230 Å². The van der Waals surface area contributed by atoms with E-state index < -0.39 is 0 Å². The lowest BCUT2D eigenvalue weighted by molar-refractivity contribution is -0.134. The standard InChI is InChI=1S/C31H36N4O4/c1-37-24-13-14-25(30(19-24)39-3)27-20-28(26-11-7-8-12-29(26)38-2)35(32-27)31(36)22-34-17-15-33(16-18-34)21-23-9-5-4-6-10-23/h4-14,19,28H,15-18,20-22H2,1-3H3/t28-/m0/s1. The molecule has 2 aliphatic rings. The number of para-hydroxylation sites is 1. The van der Waals surface area contributed by atoms with E-state index in [-0.39, 0.29) is 11.9 Å². The quantitative estimate of drug-likeness (QED) is 0.415. The van der Waals surface area contributed by atoms with Gasteiger partial charge >= 0.3 is 0 Å². The molecule has 2 heterocycles. The van der Waals surface area contributed by atoms with Gasteiger partial charge in [0.25, 0.3) is 5.91 Å². The molecule has 3 aromatic carbocycles. The Morgan fingerprint density at radius 1 is 0.821 bits per heavy atom. The molecule has 0 unspecified atom stereocenters. The van der Waals surface area contributed by atoms with Gasteiger partial charge in [0.2, 0.25) is 0 Å².